The Hall–Kier alpha value is -3.86. The van der Waals surface area contributed by atoms with Crippen molar-refractivity contribution in [1.29, 1.82) is 0 Å². The number of ether oxygens (including phenoxy) is 1. The molecule has 0 saturated carbocycles. The molecule has 5 heteroatoms. The first-order valence-electron chi connectivity index (χ1n) is 9.38. The number of nitrogens with zero attached hydrogens (tertiary/aromatic N) is 2. The van der Waals surface area contributed by atoms with Crippen molar-refractivity contribution in [3.05, 3.63) is 113 Å². The monoisotopic (exact) mass is 383 g/mol. The van der Waals surface area contributed by atoms with Gasteiger partial charge in [-0.05, 0) is 48.9 Å². The van der Waals surface area contributed by atoms with Gasteiger partial charge in [-0.3, -0.25) is 9.36 Å². The summed E-state index contributed by atoms with van der Waals surface area (Å²) in [6.07, 6.45) is 1.54. The largest absolute Gasteiger partial charge is 0.489 e. The minimum Gasteiger partial charge on any atom is -0.489 e. The van der Waals surface area contributed by atoms with Crippen LogP contribution in [0.3, 0.4) is 0 Å². The van der Waals surface area contributed by atoms with Crippen LogP contribution in [-0.4, -0.2) is 9.55 Å². The Balaban J connectivity index is 1.51. The maximum absolute atomic E-state index is 12.8. The number of nitrogens with one attached hydrogen (secondary N) is 1. The third-order valence-corrected chi connectivity index (χ3v) is 4.60. The van der Waals surface area contributed by atoms with Gasteiger partial charge in [-0.1, -0.05) is 48.5 Å². The molecule has 0 saturated heterocycles. The summed E-state index contributed by atoms with van der Waals surface area (Å²) in [7, 11) is 0. The predicted molar refractivity (Wildman–Crippen MR) is 115 cm³/mol. The molecule has 4 rings (SSSR count). The van der Waals surface area contributed by atoms with Crippen LogP contribution in [-0.2, 0) is 6.61 Å². The molecule has 3 aromatic carbocycles. The molecule has 0 aliphatic rings. The van der Waals surface area contributed by atoms with Gasteiger partial charge < -0.3 is 10.1 Å². The van der Waals surface area contributed by atoms with Gasteiger partial charge in [0.2, 0.25) is 0 Å². The van der Waals surface area contributed by atoms with Crippen molar-refractivity contribution in [1.82, 2.24) is 9.55 Å². The second-order valence-electron chi connectivity index (χ2n) is 6.65. The Labute approximate surface area is 169 Å². The van der Waals surface area contributed by atoms with Gasteiger partial charge in [-0.25, -0.2) is 4.98 Å². The molecule has 5 nitrogen and oxygen atoms in total. The zero-order valence-corrected chi connectivity index (χ0v) is 16.1. The van der Waals surface area contributed by atoms with Crippen molar-refractivity contribution in [3.63, 3.8) is 0 Å². The standard InChI is InChI=1S/C24H21N3O2/c1-18-23(26-20-10-6-3-7-11-20)25-17-27(24(18)28)21-12-14-22(15-13-21)29-16-19-8-4-2-5-9-19/h2-15,17,26H,16H2,1H3. The van der Waals surface area contributed by atoms with Gasteiger partial charge in [0, 0.05) is 5.69 Å². The molecular formula is C24H21N3O2. The van der Waals surface area contributed by atoms with Crippen LogP contribution in [0.1, 0.15) is 11.1 Å². The molecule has 1 heterocycles. The van der Waals surface area contributed by atoms with E-state index in [9.17, 15) is 4.79 Å². The van der Waals surface area contributed by atoms with E-state index in [1.165, 1.54) is 4.57 Å². The Morgan fingerprint density at radius 1 is 0.897 bits per heavy atom. The molecule has 0 fully saturated rings. The SMILES string of the molecule is Cc1c(Nc2ccccc2)ncn(-c2ccc(OCc3ccccc3)cc2)c1=O. The van der Waals surface area contributed by atoms with E-state index in [1.807, 2.05) is 84.9 Å². The van der Waals surface area contributed by atoms with E-state index < -0.39 is 0 Å². The second kappa shape index (κ2) is 8.44. The number of aromatic nitrogens is 2. The molecule has 29 heavy (non-hydrogen) atoms. The van der Waals surface area contributed by atoms with Gasteiger partial charge in [-0.2, -0.15) is 0 Å². The van der Waals surface area contributed by atoms with E-state index in [1.54, 1.807) is 13.3 Å². The molecule has 0 radical (unpaired) electrons. The smallest absolute Gasteiger partial charge is 0.262 e. The Morgan fingerprint density at radius 2 is 1.55 bits per heavy atom. The molecule has 144 valence electrons. The van der Waals surface area contributed by atoms with Gasteiger partial charge >= 0.3 is 0 Å². The van der Waals surface area contributed by atoms with Crippen LogP contribution in [0.15, 0.2) is 96.1 Å². The molecule has 4 aromatic rings. The highest BCUT2D eigenvalue weighted by Gasteiger charge is 2.09. The minimum absolute atomic E-state index is 0.114. The summed E-state index contributed by atoms with van der Waals surface area (Å²) in [6.45, 7) is 2.27. The summed E-state index contributed by atoms with van der Waals surface area (Å²) in [6, 6.07) is 27.1. The predicted octanol–water partition coefficient (Wildman–Crippen LogP) is 4.86. The lowest BCUT2D eigenvalue weighted by atomic mass is 10.2. The summed E-state index contributed by atoms with van der Waals surface area (Å²) in [5.74, 6) is 1.30. The summed E-state index contributed by atoms with van der Waals surface area (Å²) in [5.41, 5.74) is 3.18. The van der Waals surface area contributed by atoms with Gasteiger partial charge in [0.1, 0.15) is 24.5 Å². The van der Waals surface area contributed by atoms with Crippen molar-refractivity contribution in [2.24, 2.45) is 0 Å². The third-order valence-electron chi connectivity index (χ3n) is 4.60. The lowest BCUT2D eigenvalue weighted by molar-refractivity contribution is 0.306. The first kappa shape index (κ1) is 18.5. The second-order valence-corrected chi connectivity index (χ2v) is 6.65. The molecule has 0 aliphatic heterocycles. The molecule has 0 amide bonds. The van der Waals surface area contributed by atoms with Crippen molar-refractivity contribution >= 4 is 11.5 Å². The van der Waals surface area contributed by atoms with E-state index in [2.05, 4.69) is 10.3 Å². The molecule has 0 atom stereocenters. The number of anilines is 2. The van der Waals surface area contributed by atoms with Crippen molar-refractivity contribution in [2.45, 2.75) is 13.5 Å². The number of rotatable bonds is 6. The van der Waals surface area contributed by atoms with Gasteiger partial charge in [0.05, 0.1) is 11.3 Å². The first-order chi connectivity index (χ1) is 14.2. The quantitative estimate of drug-likeness (QED) is 0.516. The molecule has 1 N–H and O–H groups in total. The van der Waals surface area contributed by atoms with Crippen LogP contribution in [0.5, 0.6) is 5.75 Å². The molecule has 1 aromatic heterocycles. The van der Waals surface area contributed by atoms with Crippen LogP contribution >= 0.6 is 0 Å². The van der Waals surface area contributed by atoms with E-state index in [4.69, 9.17) is 4.74 Å². The normalized spacial score (nSPS) is 10.5. The molecule has 0 aliphatic carbocycles. The molecular weight excluding hydrogens is 362 g/mol. The van der Waals surface area contributed by atoms with Crippen LogP contribution in [0.25, 0.3) is 5.69 Å². The number of hydrogen-bond donors (Lipinski definition) is 1. The topological polar surface area (TPSA) is 56.1 Å². The van der Waals surface area contributed by atoms with Crippen LogP contribution in [0.2, 0.25) is 0 Å². The summed E-state index contributed by atoms with van der Waals surface area (Å²) in [4.78, 5) is 17.3. The van der Waals surface area contributed by atoms with Crippen LogP contribution in [0, 0.1) is 6.92 Å². The summed E-state index contributed by atoms with van der Waals surface area (Å²) < 4.78 is 7.34. The maximum atomic E-state index is 12.8. The Bertz CT molecular complexity index is 1140. The van der Waals surface area contributed by atoms with E-state index >= 15 is 0 Å². The van der Waals surface area contributed by atoms with E-state index in [-0.39, 0.29) is 5.56 Å². The third kappa shape index (κ3) is 4.35. The van der Waals surface area contributed by atoms with Crippen LogP contribution < -0.4 is 15.6 Å². The first-order valence-corrected chi connectivity index (χ1v) is 9.38. The van der Waals surface area contributed by atoms with E-state index in [0.29, 0.717) is 18.0 Å². The molecule has 0 spiro atoms. The lowest BCUT2D eigenvalue weighted by Crippen LogP contribution is -2.22. The molecule has 0 unspecified atom stereocenters. The Kier molecular flexibility index (Phi) is 5.38. The highest BCUT2D eigenvalue weighted by molar-refractivity contribution is 5.58. The average molecular weight is 383 g/mol. The van der Waals surface area contributed by atoms with Crippen molar-refractivity contribution < 1.29 is 4.74 Å². The summed E-state index contributed by atoms with van der Waals surface area (Å²) >= 11 is 0. The van der Waals surface area contributed by atoms with E-state index in [0.717, 1.165) is 22.7 Å². The lowest BCUT2D eigenvalue weighted by Gasteiger charge is -2.12. The van der Waals surface area contributed by atoms with Gasteiger partial charge in [0.25, 0.3) is 5.56 Å². The fourth-order valence-electron chi connectivity index (χ4n) is 2.96. The fourth-order valence-corrected chi connectivity index (χ4v) is 2.96. The fraction of sp³-hybridized carbons (Fsp3) is 0.0833. The van der Waals surface area contributed by atoms with Crippen molar-refractivity contribution in [2.75, 3.05) is 5.32 Å². The maximum Gasteiger partial charge on any atom is 0.262 e. The Morgan fingerprint density at radius 3 is 2.24 bits per heavy atom. The number of hydrogen-bond acceptors (Lipinski definition) is 4. The van der Waals surface area contributed by atoms with Crippen LogP contribution in [0.4, 0.5) is 11.5 Å². The highest BCUT2D eigenvalue weighted by atomic mass is 16.5. The highest BCUT2D eigenvalue weighted by Crippen LogP contribution is 2.18. The van der Waals surface area contributed by atoms with Gasteiger partial charge in [-0.15, -0.1) is 0 Å². The number of benzene rings is 3. The van der Waals surface area contributed by atoms with Crippen molar-refractivity contribution in [3.8, 4) is 11.4 Å². The zero-order chi connectivity index (χ0) is 20.1. The van der Waals surface area contributed by atoms with Gasteiger partial charge in [0.15, 0.2) is 0 Å². The minimum atomic E-state index is -0.114. The summed E-state index contributed by atoms with van der Waals surface area (Å²) in [5, 5.41) is 3.19. The number of para-hydroxylation sites is 1. The average Bonchev–Trinajstić information content (AvgIpc) is 2.78. The zero-order valence-electron chi connectivity index (χ0n) is 16.1. The molecule has 0 bridgehead atoms.